The highest BCUT2D eigenvalue weighted by molar-refractivity contribution is 5.76. The molecule has 0 aliphatic heterocycles. The maximum absolute atomic E-state index is 12.5. The second-order valence-electron chi connectivity index (χ2n) is 26.3. The summed E-state index contributed by atoms with van der Waals surface area (Å²) >= 11 is 0. The van der Waals surface area contributed by atoms with E-state index in [0.717, 1.165) is 38.5 Å². The van der Waals surface area contributed by atoms with Gasteiger partial charge in [0.15, 0.2) is 0 Å². The van der Waals surface area contributed by atoms with E-state index >= 15 is 0 Å². The summed E-state index contributed by atoms with van der Waals surface area (Å²) in [6.45, 7) is 4.96. The van der Waals surface area contributed by atoms with Crippen molar-refractivity contribution in [1.29, 1.82) is 0 Å². The summed E-state index contributed by atoms with van der Waals surface area (Å²) < 4.78 is 5.52. The molecule has 0 aliphatic carbocycles. The Bertz CT molecular complexity index is 1300. The first kappa shape index (κ1) is 81.3. The number of aliphatic hydroxyl groups is 2. The van der Waals surface area contributed by atoms with E-state index in [2.05, 4.69) is 31.3 Å². The van der Waals surface area contributed by atoms with Gasteiger partial charge in [-0.05, 0) is 57.8 Å². The van der Waals surface area contributed by atoms with Crippen LogP contribution in [0, 0.1) is 0 Å². The summed E-state index contributed by atoms with van der Waals surface area (Å²) in [4.78, 5) is 24.7. The first-order chi connectivity index (χ1) is 41.0. The third-order valence-corrected chi connectivity index (χ3v) is 18.0. The molecule has 0 aliphatic rings. The van der Waals surface area contributed by atoms with Gasteiger partial charge in [0.05, 0.1) is 25.4 Å². The molecule has 83 heavy (non-hydrogen) atoms. The zero-order chi connectivity index (χ0) is 59.9. The fourth-order valence-corrected chi connectivity index (χ4v) is 12.2. The van der Waals surface area contributed by atoms with Crippen molar-refractivity contribution in [2.75, 3.05) is 13.2 Å². The van der Waals surface area contributed by atoms with Gasteiger partial charge in [-0.25, -0.2) is 0 Å². The first-order valence-corrected chi connectivity index (χ1v) is 38.1. The predicted molar refractivity (Wildman–Crippen MR) is 366 cm³/mol. The number of ether oxygens (including phenoxy) is 1. The van der Waals surface area contributed by atoms with Crippen LogP contribution < -0.4 is 5.32 Å². The predicted octanol–water partition coefficient (Wildman–Crippen LogP) is 24.9. The zero-order valence-corrected chi connectivity index (χ0v) is 56.5. The second kappa shape index (κ2) is 72.8. The number of hydrogen-bond acceptors (Lipinski definition) is 5. The van der Waals surface area contributed by atoms with E-state index in [0.29, 0.717) is 19.4 Å². The largest absolute Gasteiger partial charge is 0.466 e. The molecular formula is C77H149NO5. The fourth-order valence-electron chi connectivity index (χ4n) is 12.2. The molecule has 492 valence electrons. The quantitative estimate of drug-likeness (QED) is 0.0320. The zero-order valence-electron chi connectivity index (χ0n) is 56.5. The van der Waals surface area contributed by atoms with Gasteiger partial charge in [0.1, 0.15) is 0 Å². The minimum absolute atomic E-state index is 0.0198. The topological polar surface area (TPSA) is 95.9 Å². The molecule has 0 spiro atoms. The molecule has 1 amide bonds. The molecule has 0 aromatic carbocycles. The Kier molecular flexibility index (Phi) is 71.4. The lowest BCUT2D eigenvalue weighted by molar-refractivity contribution is -0.143. The summed E-state index contributed by atoms with van der Waals surface area (Å²) in [6, 6.07) is -0.630. The Morgan fingerprint density at radius 2 is 0.566 bits per heavy atom. The van der Waals surface area contributed by atoms with Gasteiger partial charge in [-0.2, -0.15) is 0 Å². The van der Waals surface area contributed by atoms with Crippen molar-refractivity contribution in [3.05, 3.63) is 24.3 Å². The number of esters is 1. The smallest absolute Gasteiger partial charge is 0.305 e. The van der Waals surface area contributed by atoms with Gasteiger partial charge < -0.3 is 20.3 Å². The van der Waals surface area contributed by atoms with Gasteiger partial charge in [-0.3, -0.25) is 9.59 Å². The molecule has 0 fully saturated rings. The summed E-state index contributed by atoms with van der Waals surface area (Å²) in [5, 5.41) is 23.3. The maximum atomic E-state index is 12.5. The van der Waals surface area contributed by atoms with Gasteiger partial charge >= 0.3 is 5.97 Å². The van der Waals surface area contributed by atoms with Gasteiger partial charge in [-0.15, -0.1) is 0 Å². The van der Waals surface area contributed by atoms with E-state index in [-0.39, 0.29) is 18.5 Å². The van der Waals surface area contributed by atoms with E-state index in [9.17, 15) is 19.8 Å². The standard InChI is InChI=1S/C77H149NO5/c1-3-5-7-9-11-13-15-17-19-21-23-30-34-37-41-45-49-53-57-61-65-69-75(80)74(73-79)78-76(81)70-66-62-58-54-50-46-42-38-35-31-28-26-24-25-27-29-32-36-40-44-48-52-56-60-64-68-72-83-77(82)71-67-63-59-55-51-47-43-39-33-22-20-18-16-14-12-10-8-6-4-2/h24,26,65,69,74-75,79-80H,3-23,25,27-64,66-68,70-73H2,1-2H3,(H,78,81)/b26-24-,69-65+. The molecular weight excluding hydrogens is 1020 g/mol. The first-order valence-electron chi connectivity index (χ1n) is 38.1. The van der Waals surface area contributed by atoms with Crippen molar-refractivity contribution in [2.45, 2.75) is 443 Å². The molecule has 3 N–H and O–H groups in total. The number of unbranched alkanes of at least 4 members (excludes halogenated alkanes) is 59. The third-order valence-electron chi connectivity index (χ3n) is 18.0. The normalized spacial score (nSPS) is 12.6. The summed E-state index contributed by atoms with van der Waals surface area (Å²) in [6.07, 6.45) is 92.8. The van der Waals surface area contributed by atoms with Crippen LogP contribution in [0.5, 0.6) is 0 Å². The minimum Gasteiger partial charge on any atom is -0.466 e. The van der Waals surface area contributed by atoms with Crippen molar-refractivity contribution in [1.82, 2.24) is 5.32 Å². The summed E-state index contributed by atoms with van der Waals surface area (Å²) in [7, 11) is 0. The van der Waals surface area contributed by atoms with Gasteiger partial charge in [0, 0.05) is 12.8 Å². The molecule has 0 saturated heterocycles. The number of nitrogens with one attached hydrogen (secondary N) is 1. The lowest BCUT2D eigenvalue weighted by atomic mass is 10.0. The molecule has 0 bridgehead atoms. The molecule has 0 heterocycles. The van der Waals surface area contributed by atoms with Gasteiger partial charge in [0.25, 0.3) is 0 Å². The van der Waals surface area contributed by atoms with Crippen molar-refractivity contribution < 1.29 is 24.5 Å². The van der Waals surface area contributed by atoms with Crippen LogP contribution in [0.1, 0.15) is 431 Å². The van der Waals surface area contributed by atoms with Crippen LogP contribution in [-0.2, 0) is 14.3 Å². The Morgan fingerprint density at radius 3 is 0.855 bits per heavy atom. The Morgan fingerprint density at radius 1 is 0.325 bits per heavy atom. The molecule has 2 unspecified atom stereocenters. The van der Waals surface area contributed by atoms with E-state index in [4.69, 9.17) is 4.74 Å². The monoisotopic (exact) mass is 1170 g/mol. The third kappa shape index (κ3) is 69.3. The number of hydrogen-bond donors (Lipinski definition) is 3. The highest BCUT2D eigenvalue weighted by Gasteiger charge is 2.18. The van der Waals surface area contributed by atoms with Gasteiger partial charge in [-0.1, -0.05) is 385 Å². The average molecular weight is 1170 g/mol. The van der Waals surface area contributed by atoms with Crippen molar-refractivity contribution in [3.63, 3.8) is 0 Å². The van der Waals surface area contributed by atoms with Crippen molar-refractivity contribution in [2.24, 2.45) is 0 Å². The van der Waals surface area contributed by atoms with Crippen LogP contribution in [0.15, 0.2) is 24.3 Å². The molecule has 6 nitrogen and oxygen atoms in total. The Labute approximate surface area is 520 Å². The molecule has 0 saturated carbocycles. The van der Waals surface area contributed by atoms with Crippen LogP contribution in [-0.4, -0.2) is 47.4 Å². The van der Waals surface area contributed by atoms with E-state index in [1.165, 1.54) is 366 Å². The lowest BCUT2D eigenvalue weighted by Crippen LogP contribution is -2.45. The van der Waals surface area contributed by atoms with Crippen molar-refractivity contribution >= 4 is 11.9 Å². The SMILES string of the molecule is CCCCCCCCCCCCCCCCCCCCC/C=C/C(O)C(CO)NC(=O)CCCCCCCCCCCC/C=C\CCCCCCCCCCCCCCOC(=O)CCCCCCCCCCCCCCCCCCCCC. The van der Waals surface area contributed by atoms with E-state index < -0.39 is 12.1 Å². The maximum Gasteiger partial charge on any atom is 0.305 e. The second-order valence-corrected chi connectivity index (χ2v) is 26.3. The summed E-state index contributed by atoms with van der Waals surface area (Å²) in [5.41, 5.74) is 0. The lowest BCUT2D eigenvalue weighted by Gasteiger charge is -2.20. The minimum atomic E-state index is -0.847. The molecule has 0 radical (unpaired) electrons. The van der Waals surface area contributed by atoms with Gasteiger partial charge in [0.2, 0.25) is 5.91 Å². The Hall–Kier alpha value is -1.66. The van der Waals surface area contributed by atoms with Crippen LogP contribution in [0.4, 0.5) is 0 Å². The average Bonchev–Trinajstić information content (AvgIpc) is 3.49. The fraction of sp³-hybridized carbons (Fsp3) is 0.922. The summed E-state index contributed by atoms with van der Waals surface area (Å²) in [5.74, 6) is -0.0456. The van der Waals surface area contributed by atoms with E-state index in [1.54, 1.807) is 6.08 Å². The van der Waals surface area contributed by atoms with Crippen LogP contribution in [0.25, 0.3) is 0 Å². The van der Waals surface area contributed by atoms with E-state index in [1.807, 2.05) is 6.08 Å². The number of rotatable bonds is 72. The molecule has 0 rings (SSSR count). The molecule has 6 heteroatoms. The van der Waals surface area contributed by atoms with Crippen LogP contribution in [0.2, 0.25) is 0 Å². The Balaban J connectivity index is 3.39. The number of carbonyl (C=O) groups is 2. The molecule has 2 atom stereocenters. The van der Waals surface area contributed by atoms with Crippen LogP contribution in [0.3, 0.4) is 0 Å². The molecule has 0 aromatic rings. The number of carbonyl (C=O) groups excluding carboxylic acids is 2. The molecule has 0 aromatic heterocycles. The highest BCUT2D eigenvalue weighted by atomic mass is 16.5. The van der Waals surface area contributed by atoms with Crippen molar-refractivity contribution in [3.8, 4) is 0 Å². The number of aliphatic hydroxyl groups excluding tert-OH is 2. The number of allylic oxidation sites excluding steroid dienone is 3. The van der Waals surface area contributed by atoms with Crippen LogP contribution >= 0.6 is 0 Å². The number of amides is 1. The highest BCUT2D eigenvalue weighted by Crippen LogP contribution is 2.19.